The van der Waals surface area contributed by atoms with E-state index in [4.69, 9.17) is 4.74 Å². The number of piperidine rings is 1. The van der Waals surface area contributed by atoms with Gasteiger partial charge in [0.05, 0.1) is 16.7 Å². The van der Waals surface area contributed by atoms with E-state index in [1.165, 1.54) is 16.4 Å². The molecular weight excluding hydrogens is 366 g/mol. The fourth-order valence-electron chi connectivity index (χ4n) is 2.87. The van der Waals surface area contributed by atoms with E-state index in [1.807, 2.05) is 34.6 Å². The van der Waals surface area contributed by atoms with Crippen molar-refractivity contribution >= 4 is 21.7 Å². The zero-order chi connectivity index (χ0) is 20.2. The fourth-order valence-corrected chi connectivity index (χ4v) is 4.42. The van der Waals surface area contributed by atoms with Crippen LogP contribution in [0.4, 0.5) is 10.5 Å². The average molecular weight is 398 g/mol. The van der Waals surface area contributed by atoms with Crippen LogP contribution >= 0.6 is 0 Å². The van der Waals surface area contributed by atoms with Gasteiger partial charge in [-0.15, -0.1) is 0 Å². The molecule has 1 saturated heterocycles. The van der Waals surface area contributed by atoms with Crippen molar-refractivity contribution < 1.29 is 17.9 Å². The highest BCUT2D eigenvalue weighted by atomic mass is 32.2. The molecule has 1 heterocycles. The molecule has 0 saturated carbocycles. The van der Waals surface area contributed by atoms with Gasteiger partial charge in [0.15, 0.2) is 0 Å². The highest BCUT2D eigenvalue weighted by Crippen LogP contribution is 2.31. The van der Waals surface area contributed by atoms with Crippen LogP contribution < -0.4 is 15.4 Å². The summed E-state index contributed by atoms with van der Waals surface area (Å²) in [5.74, 6) is 0.437. The van der Waals surface area contributed by atoms with Crippen molar-refractivity contribution in [1.29, 1.82) is 0 Å². The maximum atomic E-state index is 12.9. The van der Waals surface area contributed by atoms with Gasteiger partial charge in [-0.25, -0.2) is 13.2 Å². The van der Waals surface area contributed by atoms with Crippen LogP contribution in [-0.2, 0) is 10.0 Å². The molecule has 0 unspecified atom stereocenters. The lowest BCUT2D eigenvalue weighted by Gasteiger charge is -2.26. The number of nitrogens with zero attached hydrogens (tertiary/aromatic N) is 1. The molecule has 1 aliphatic rings. The summed E-state index contributed by atoms with van der Waals surface area (Å²) in [6.45, 7) is 10.4. The molecule has 2 rings (SSSR count). The van der Waals surface area contributed by atoms with Gasteiger partial charge in [-0.05, 0) is 65.7 Å². The Morgan fingerprint density at radius 2 is 1.78 bits per heavy atom. The average Bonchev–Trinajstić information content (AvgIpc) is 2.55. The number of amides is 2. The number of sulfonamides is 1. The highest BCUT2D eigenvalue weighted by molar-refractivity contribution is 7.89. The van der Waals surface area contributed by atoms with Gasteiger partial charge in [0.2, 0.25) is 10.0 Å². The lowest BCUT2D eigenvalue weighted by atomic mass is 10.1. The Morgan fingerprint density at radius 1 is 1.15 bits per heavy atom. The molecule has 27 heavy (non-hydrogen) atoms. The van der Waals surface area contributed by atoms with E-state index in [1.54, 1.807) is 6.07 Å². The molecule has 1 aromatic carbocycles. The van der Waals surface area contributed by atoms with Crippen molar-refractivity contribution in [2.75, 3.05) is 18.4 Å². The molecule has 0 atom stereocenters. The van der Waals surface area contributed by atoms with E-state index in [0.717, 1.165) is 19.3 Å². The Morgan fingerprint density at radius 3 is 2.33 bits per heavy atom. The lowest BCUT2D eigenvalue weighted by molar-refractivity contribution is 0.239. The van der Waals surface area contributed by atoms with E-state index in [9.17, 15) is 13.2 Å². The largest absolute Gasteiger partial charge is 0.489 e. The number of rotatable bonds is 5. The predicted octanol–water partition coefficient (Wildman–Crippen LogP) is 3.57. The number of hydrogen-bond donors (Lipinski definition) is 2. The summed E-state index contributed by atoms with van der Waals surface area (Å²) in [4.78, 5) is 12.4. The van der Waals surface area contributed by atoms with Crippen LogP contribution in [0, 0.1) is 0 Å². The SMILES string of the molecule is CC(C)Oc1ccc(S(=O)(=O)N2CCCCC2)cc1NC(=O)NC(C)(C)C. The Bertz CT molecular complexity index is 764. The van der Waals surface area contributed by atoms with Gasteiger partial charge < -0.3 is 15.4 Å². The van der Waals surface area contributed by atoms with Crippen molar-refractivity contribution in [3.63, 3.8) is 0 Å². The van der Waals surface area contributed by atoms with Crippen LogP contribution in [0.3, 0.4) is 0 Å². The third-order valence-electron chi connectivity index (χ3n) is 4.00. The summed E-state index contributed by atoms with van der Waals surface area (Å²) in [7, 11) is -3.59. The second kappa shape index (κ2) is 8.48. The van der Waals surface area contributed by atoms with Gasteiger partial charge in [0.1, 0.15) is 5.75 Å². The Balaban J connectivity index is 2.33. The summed E-state index contributed by atoms with van der Waals surface area (Å²) < 4.78 is 33.1. The molecular formula is C19H31N3O4S. The summed E-state index contributed by atoms with van der Waals surface area (Å²) >= 11 is 0. The predicted molar refractivity (Wildman–Crippen MR) is 107 cm³/mol. The number of benzene rings is 1. The van der Waals surface area contributed by atoms with Gasteiger partial charge in [-0.3, -0.25) is 0 Å². The Labute approximate surface area is 162 Å². The zero-order valence-corrected chi connectivity index (χ0v) is 17.6. The molecule has 0 aliphatic carbocycles. The second-order valence-electron chi connectivity index (χ2n) is 8.12. The van der Waals surface area contributed by atoms with Crippen LogP contribution in [0.5, 0.6) is 5.75 Å². The van der Waals surface area contributed by atoms with Gasteiger partial charge in [-0.1, -0.05) is 6.42 Å². The van der Waals surface area contributed by atoms with Crippen LogP contribution in [0.2, 0.25) is 0 Å². The maximum absolute atomic E-state index is 12.9. The monoisotopic (exact) mass is 397 g/mol. The van der Waals surface area contributed by atoms with Gasteiger partial charge in [0, 0.05) is 18.6 Å². The van der Waals surface area contributed by atoms with Crippen LogP contribution in [0.1, 0.15) is 53.9 Å². The molecule has 8 heteroatoms. The first-order valence-electron chi connectivity index (χ1n) is 9.39. The minimum Gasteiger partial charge on any atom is -0.489 e. The standard InChI is InChI=1S/C19H31N3O4S/c1-14(2)26-17-10-9-15(27(24,25)22-11-7-6-8-12-22)13-16(17)20-18(23)21-19(3,4)5/h9-10,13-14H,6-8,11-12H2,1-5H3,(H2,20,21,23). The van der Waals surface area contributed by atoms with E-state index in [0.29, 0.717) is 24.5 Å². The van der Waals surface area contributed by atoms with Crippen molar-refractivity contribution in [1.82, 2.24) is 9.62 Å². The van der Waals surface area contributed by atoms with Crippen LogP contribution in [0.15, 0.2) is 23.1 Å². The van der Waals surface area contributed by atoms with Crippen LogP contribution in [0.25, 0.3) is 0 Å². The molecule has 7 nitrogen and oxygen atoms in total. The first kappa shape index (κ1) is 21.5. The normalized spacial score (nSPS) is 16.2. The van der Waals surface area contributed by atoms with Crippen molar-refractivity contribution in [3.05, 3.63) is 18.2 Å². The molecule has 1 fully saturated rings. The molecule has 0 radical (unpaired) electrons. The number of hydrogen-bond acceptors (Lipinski definition) is 4. The Kier molecular flexibility index (Phi) is 6.75. The second-order valence-corrected chi connectivity index (χ2v) is 10.1. The minimum absolute atomic E-state index is 0.110. The van der Waals surface area contributed by atoms with Gasteiger partial charge in [0.25, 0.3) is 0 Å². The van der Waals surface area contributed by atoms with Gasteiger partial charge >= 0.3 is 6.03 Å². The summed E-state index contributed by atoms with van der Waals surface area (Å²) in [6, 6.07) is 4.20. The molecule has 0 spiro atoms. The third-order valence-corrected chi connectivity index (χ3v) is 5.90. The van der Waals surface area contributed by atoms with E-state index in [-0.39, 0.29) is 11.0 Å². The molecule has 1 aromatic rings. The maximum Gasteiger partial charge on any atom is 0.319 e. The number of anilines is 1. The molecule has 2 N–H and O–H groups in total. The number of nitrogens with one attached hydrogen (secondary N) is 2. The smallest absolute Gasteiger partial charge is 0.319 e. The quantitative estimate of drug-likeness (QED) is 0.795. The number of carbonyl (C=O) groups excluding carboxylic acids is 1. The fraction of sp³-hybridized carbons (Fsp3) is 0.632. The first-order chi connectivity index (χ1) is 12.5. The number of carbonyl (C=O) groups is 1. The number of ether oxygens (including phenoxy) is 1. The summed E-state index contributed by atoms with van der Waals surface area (Å²) in [6.07, 6.45) is 2.67. The van der Waals surface area contributed by atoms with Gasteiger partial charge in [-0.2, -0.15) is 4.31 Å². The van der Waals surface area contributed by atoms with E-state index < -0.39 is 21.6 Å². The van der Waals surface area contributed by atoms with E-state index in [2.05, 4.69) is 10.6 Å². The van der Waals surface area contributed by atoms with E-state index >= 15 is 0 Å². The lowest BCUT2D eigenvalue weighted by Crippen LogP contribution is -2.43. The molecule has 1 aliphatic heterocycles. The Hall–Kier alpha value is -1.80. The molecule has 2 amide bonds. The third kappa shape index (κ3) is 6.10. The van der Waals surface area contributed by atoms with Crippen molar-refractivity contribution in [2.45, 2.75) is 70.4 Å². The summed E-state index contributed by atoms with van der Waals surface area (Å²) in [5, 5.41) is 5.53. The van der Waals surface area contributed by atoms with Crippen LogP contribution in [-0.4, -0.2) is 43.5 Å². The minimum atomic E-state index is -3.59. The molecule has 152 valence electrons. The molecule has 0 bridgehead atoms. The first-order valence-corrected chi connectivity index (χ1v) is 10.8. The zero-order valence-electron chi connectivity index (χ0n) is 16.8. The van der Waals surface area contributed by atoms with Crippen molar-refractivity contribution in [2.24, 2.45) is 0 Å². The topological polar surface area (TPSA) is 87.7 Å². The number of urea groups is 1. The van der Waals surface area contributed by atoms with Crippen molar-refractivity contribution in [3.8, 4) is 5.75 Å². The molecule has 0 aromatic heterocycles. The summed E-state index contributed by atoms with van der Waals surface area (Å²) in [5.41, 5.74) is -0.0794. The highest BCUT2D eigenvalue weighted by Gasteiger charge is 2.27.